The third-order valence-corrected chi connectivity index (χ3v) is 4.37. The molecule has 0 saturated carbocycles. The molecule has 0 aliphatic carbocycles. The number of nitrogens with two attached hydrogens (primary N) is 5. The number of carboxylic acid groups (broad SMARTS) is 2. The molecule has 15 N–H and O–H groups in total. The van der Waals surface area contributed by atoms with E-state index in [1.807, 2.05) is 10.6 Å². The molecule has 18 heteroatoms. The second-order valence-electron chi connectivity index (χ2n) is 7.52. The molecule has 202 valence electrons. The molecule has 0 heterocycles. The van der Waals surface area contributed by atoms with Gasteiger partial charge in [0.2, 0.25) is 29.5 Å². The minimum atomic E-state index is -1.86. The number of carbonyl (C=O) groups is 7. The summed E-state index contributed by atoms with van der Waals surface area (Å²) in [5.74, 6) is -8.78. The number of aliphatic carboxylic acids is 2. The molecule has 0 saturated heterocycles. The standard InChI is InChI=1S/C18H31N9O9/c19-7(2-1-3-24-18(22)23)14(32)25-8(4-11(20)28)15(33)26-9(6-13(30)31)16(34)27-10(17(35)36)5-12(21)29/h7-10H,1-6,19H2,(H2,20,28)(H2,21,29)(H,25,32)(H,26,33)(H,27,34)(H,30,31)(H,35,36)(H4,22,23,24). The van der Waals surface area contributed by atoms with Crippen LogP contribution in [0.25, 0.3) is 0 Å². The Morgan fingerprint density at radius 3 is 1.58 bits per heavy atom. The van der Waals surface area contributed by atoms with Crippen LogP contribution in [-0.2, 0) is 33.6 Å². The van der Waals surface area contributed by atoms with Crippen molar-refractivity contribution in [3.05, 3.63) is 0 Å². The summed E-state index contributed by atoms with van der Waals surface area (Å²) in [6.07, 6.45) is -2.17. The molecule has 5 amide bonds. The Balaban J connectivity index is 5.46. The molecule has 0 rings (SSSR count). The average Bonchev–Trinajstić information content (AvgIpc) is 2.73. The van der Waals surface area contributed by atoms with Gasteiger partial charge >= 0.3 is 11.9 Å². The first-order valence-corrected chi connectivity index (χ1v) is 10.4. The van der Waals surface area contributed by atoms with E-state index in [-0.39, 0.29) is 18.9 Å². The molecule has 0 fully saturated rings. The van der Waals surface area contributed by atoms with Gasteiger partial charge in [0.05, 0.1) is 25.3 Å². The number of carboxylic acids is 2. The summed E-state index contributed by atoms with van der Waals surface area (Å²) in [5, 5.41) is 24.3. The Morgan fingerprint density at radius 2 is 1.14 bits per heavy atom. The topological polar surface area (TPSA) is 338 Å². The molecule has 4 atom stereocenters. The number of hydrogen-bond acceptors (Lipinski definition) is 9. The van der Waals surface area contributed by atoms with E-state index in [0.29, 0.717) is 6.42 Å². The number of primary amides is 2. The van der Waals surface area contributed by atoms with E-state index in [9.17, 15) is 33.6 Å². The summed E-state index contributed by atoms with van der Waals surface area (Å²) in [4.78, 5) is 86.0. The number of carbonyl (C=O) groups excluding carboxylic acids is 5. The summed E-state index contributed by atoms with van der Waals surface area (Å²) >= 11 is 0. The minimum absolute atomic E-state index is 0.0913. The number of guanidine groups is 1. The Hall–Kier alpha value is -4.48. The van der Waals surface area contributed by atoms with Gasteiger partial charge in [-0.15, -0.1) is 0 Å². The second kappa shape index (κ2) is 15.4. The van der Waals surface area contributed by atoms with E-state index in [4.69, 9.17) is 38.9 Å². The summed E-state index contributed by atoms with van der Waals surface area (Å²) in [6, 6.07) is -6.46. The molecule has 18 nitrogen and oxygen atoms in total. The van der Waals surface area contributed by atoms with Crippen molar-refractivity contribution in [2.24, 2.45) is 33.7 Å². The van der Waals surface area contributed by atoms with Crippen LogP contribution in [-0.4, -0.2) is 88.4 Å². The lowest BCUT2D eigenvalue weighted by atomic mass is 10.1. The quantitative estimate of drug-likeness (QED) is 0.0489. The van der Waals surface area contributed by atoms with E-state index in [0.717, 1.165) is 0 Å². The van der Waals surface area contributed by atoms with Crippen LogP contribution in [0.5, 0.6) is 0 Å². The number of rotatable bonds is 17. The average molecular weight is 518 g/mol. The number of aliphatic imine (C=N–C) groups is 1. The number of amides is 5. The SMILES string of the molecule is NC(=O)CC(NC(=O)C(CC(=O)O)NC(=O)C(CC(N)=O)NC(=O)C(N)CCCN=C(N)N)C(=O)O. The number of nitrogens with one attached hydrogen (secondary N) is 3. The van der Waals surface area contributed by atoms with Crippen LogP contribution < -0.4 is 44.6 Å². The van der Waals surface area contributed by atoms with Crippen molar-refractivity contribution in [1.29, 1.82) is 0 Å². The number of nitrogens with zero attached hydrogens (tertiary/aromatic N) is 1. The molecule has 4 unspecified atom stereocenters. The molecular formula is C18H31N9O9. The third kappa shape index (κ3) is 13.3. The molecule has 0 spiro atoms. The fraction of sp³-hybridized carbons (Fsp3) is 0.556. The molecule has 0 aliphatic heterocycles. The van der Waals surface area contributed by atoms with Gasteiger partial charge in [-0.3, -0.25) is 33.8 Å². The Labute approximate surface area is 204 Å². The van der Waals surface area contributed by atoms with Gasteiger partial charge in [0, 0.05) is 6.54 Å². The maximum atomic E-state index is 12.7. The van der Waals surface area contributed by atoms with Gasteiger partial charge < -0.3 is 54.8 Å². The molecule has 0 bridgehead atoms. The van der Waals surface area contributed by atoms with Gasteiger partial charge in [-0.25, -0.2) is 4.79 Å². The smallest absolute Gasteiger partial charge is 0.326 e. The fourth-order valence-corrected chi connectivity index (χ4v) is 2.67. The van der Waals surface area contributed by atoms with Crippen molar-refractivity contribution in [2.45, 2.75) is 56.3 Å². The lowest BCUT2D eigenvalue weighted by molar-refractivity contribution is -0.145. The molecule has 0 aromatic carbocycles. The van der Waals surface area contributed by atoms with Gasteiger partial charge in [-0.05, 0) is 12.8 Å². The maximum Gasteiger partial charge on any atom is 0.326 e. The maximum absolute atomic E-state index is 12.7. The first-order valence-electron chi connectivity index (χ1n) is 10.4. The van der Waals surface area contributed by atoms with Crippen LogP contribution in [0.3, 0.4) is 0 Å². The van der Waals surface area contributed by atoms with Crippen LogP contribution in [0.1, 0.15) is 32.1 Å². The van der Waals surface area contributed by atoms with Gasteiger partial charge in [0.25, 0.3) is 0 Å². The van der Waals surface area contributed by atoms with Crippen molar-refractivity contribution >= 4 is 47.4 Å². The predicted octanol–water partition coefficient (Wildman–Crippen LogP) is -5.87. The van der Waals surface area contributed by atoms with Gasteiger partial charge in [0.15, 0.2) is 5.96 Å². The predicted molar refractivity (Wildman–Crippen MR) is 121 cm³/mol. The summed E-state index contributed by atoms with van der Waals surface area (Å²) in [6.45, 7) is 0.174. The zero-order valence-electron chi connectivity index (χ0n) is 19.1. The van der Waals surface area contributed by atoms with Crippen molar-refractivity contribution in [3.63, 3.8) is 0 Å². The minimum Gasteiger partial charge on any atom is -0.481 e. The summed E-state index contributed by atoms with van der Waals surface area (Å²) in [7, 11) is 0. The normalized spacial score (nSPS) is 13.7. The van der Waals surface area contributed by atoms with Crippen LogP contribution in [0.4, 0.5) is 0 Å². The highest BCUT2D eigenvalue weighted by Gasteiger charge is 2.32. The Kier molecular flexibility index (Phi) is 13.5. The first kappa shape index (κ1) is 31.5. The van der Waals surface area contributed by atoms with Gasteiger partial charge in [0.1, 0.15) is 18.1 Å². The van der Waals surface area contributed by atoms with Crippen LogP contribution in [0.15, 0.2) is 4.99 Å². The Bertz CT molecular complexity index is 889. The Morgan fingerprint density at radius 1 is 0.694 bits per heavy atom. The molecule has 0 radical (unpaired) electrons. The van der Waals surface area contributed by atoms with E-state index < -0.39 is 84.9 Å². The summed E-state index contributed by atoms with van der Waals surface area (Å²) in [5.41, 5.74) is 26.1. The van der Waals surface area contributed by atoms with Crippen LogP contribution >= 0.6 is 0 Å². The van der Waals surface area contributed by atoms with Crippen molar-refractivity contribution < 1.29 is 43.8 Å². The fourth-order valence-electron chi connectivity index (χ4n) is 2.67. The van der Waals surface area contributed by atoms with E-state index in [2.05, 4.69) is 10.3 Å². The third-order valence-electron chi connectivity index (χ3n) is 4.37. The highest BCUT2D eigenvalue weighted by atomic mass is 16.4. The van der Waals surface area contributed by atoms with Crippen molar-refractivity contribution in [1.82, 2.24) is 16.0 Å². The lowest BCUT2D eigenvalue weighted by Crippen LogP contribution is -2.58. The van der Waals surface area contributed by atoms with E-state index >= 15 is 0 Å². The zero-order chi connectivity index (χ0) is 28.0. The molecule has 0 aliphatic rings. The first-order chi connectivity index (χ1) is 16.6. The molecule has 0 aromatic rings. The number of hydrogen-bond donors (Lipinski definition) is 10. The van der Waals surface area contributed by atoms with Crippen molar-refractivity contribution in [2.75, 3.05) is 6.54 Å². The summed E-state index contributed by atoms with van der Waals surface area (Å²) < 4.78 is 0. The monoisotopic (exact) mass is 517 g/mol. The molecule has 36 heavy (non-hydrogen) atoms. The molecule has 0 aromatic heterocycles. The zero-order valence-corrected chi connectivity index (χ0v) is 19.1. The van der Waals surface area contributed by atoms with Crippen molar-refractivity contribution in [3.8, 4) is 0 Å². The van der Waals surface area contributed by atoms with E-state index in [1.165, 1.54) is 0 Å². The second-order valence-corrected chi connectivity index (χ2v) is 7.52. The van der Waals surface area contributed by atoms with Gasteiger partial charge in [-0.2, -0.15) is 0 Å². The lowest BCUT2D eigenvalue weighted by Gasteiger charge is -2.24. The van der Waals surface area contributed by atoms with E-state index in [1.54, 1.807) is 0 Å². The highest BCUT2D eigenvalue weighted by Crippen LogP contribution is 2.02. The highest BCUT2D eigenvalue weighted by molar-refractivity contribution is 5.97. The van der Waals surface area contributed by atoms with Crippen LogP contribution in [0.2, 0.25) is 0 Å². The molecular weight excluding hydrogens is 486 g/mol. The van der Waals surface area contributed by atoms with Gasteiger partial charge in [-0.1, -0.05) is 0 Å². The van der Waals surface area contributed by atoms with Crippen LogP contribution in [0, 0.1) is 0 Å². The largest absolute Gasteiger partial charge is 0.481 e.